The van der Waals surface area contributed by atoms with Gasteiger partial charge in [0.25, 0.3) is 0 Å². The molecule has 0 aliphatic heterocycles. The van der Waals surface area contributed by atoms with Gasteiger partial charge in [-0.2, -0.15) is 0 Å². The number of nitrogens with zero attached hydrogens (tertiary/aromatic N) is 2. The van der Waals surface area contributed by atoms with E-state index in [0.29, 0.717) is 0 Å². The first-order chi connectivity index (χ1) is 19.5. The van der Waals surface area contributed by atoms with Crippen molar-refractivity contribution < 1.29 is 26.7 Å². The molecule has 4 nitrogen and oxygen atoms in total. The molecular formula is C36H30N2NiO2. The number of aromatic hydroxyl groups is 2. The Hall–Kier alpha value is -4.73. The largest absolute Gasteiger partial charge is 0.507 e. The molecule has 6 aromatic rings. The van der Waals surface area contributed by atoms with Gasteiger partial charge in [0.2, 0.25) is 0 Å². The van der Waals surface area contributed by atoms with Gasteiger partial charge in [-0.3, -0.25) is 9.98 Å². The molecule has 6 rings (SSSR count). The van der Waals surface area contributed by atoms with Crippen molar-refractivity contribution in [2.24, 2.45) is 9.98 Å². The van der Waals surface area contributed by atoms with Crippen LogP contribution in [-0.2, 0) is 16.5 Å². The fourth-order valence-electron chi connectivity index (χ4n) is 4.53. The Balaban J connectivity index is 0.000000184. The first kappa shape index (κ1) is 29.3. The predicted octanol–water partition coefficient (Wildman–Crippen LogP) is 9.21. The molecule has 0 bridgehead atoms. The first-order valence-electron chi connectivity index (χ1n) is 13.1. The van der Waals surface area contributed by atoms with E-state index in [2.05, 4.69) is 9.98 Å². The van der Waals surface area contributed by atoms with Crippen molar-refractivity contribution in [1.82, 2.24) is 0 Å². The topological polar surface area (TPSA) is 65.2 Å². The quantitative estimate of drug-likeness (QED) is 0.161. The van der Waals surface area contributed by atoms with Crippen LogP contribution in [0.1, 0.15) is 22.3 Å². The summed E-state index contributed by atoms with van der Waals surface area (Å²) in [5, 5.41) is 24.3. The molecule has 0 amide bonds. The fraction of sp³-hybridized carbons (Fsp3) is 0.0556. The summed E-state index contributed by atoms with van der Waals surface area (Å²) in [4.78, 5) is 8.93. The van der Waals surface area contributed by atoms with Crippen LogP contribution in [-0.4, -0.2) is 22.6 Å². The van der Waals surface area contributed by atoms with Gasteiger partial charge in [0.1, 0.15) is 11.5 Å². The summed E-state index contributed by atoms with van der Waals surface area (Å²) in [5.41, 5.74) is 5.62. The first-order valence-corrected chi connectivity index (χ1v) is 13.1. The van der Waals surface area contributed by atoms with Crippen LogP contribution in [0.3, 0.4) is 0 Å². The zero-order valence-corrected chi connectivity index (χ0v) is 23.8. The van der Waals surface area contributed by atoms with Crippen LogP contribution in [0.25, 0.3) is 21.5 Å². The minimum absolute atomic E-state index is 0. The molecular weight excluding hydrogens is 551 g/mol. The molecule has 2 N–H and O–H groups in total. The van der Waals surface area contributed by atoms with Gasteiger partial charge in [0.15, 0.2) is 0 Å². The SMILES string of the molecule is Cc1cccc(N=Cc2c(O)ccc3ccccc23)c1.Cc1cccc(N=Cc2c(O)ccc3ccccc23)c1.[Ni]. The summed E-state index contributed by atoms with van der Waals surface area (Å²) in [6, 6.07) is 39.1. The van der Waals surface area contributed by atoms with E-state index in [9.17, 15) is 10.2 Å². The summed E-state index contributed by atoms with van der Waals surface area (Å²) in [5.74, 6) is 0.500. The molecule has 6 aromatic carbocycles. The molecule has 0 unspecified atom stereocenters. The molecule has 0 aromatic heterocycles. The van der Waals surface area contributed by atoms with Crippen molar-refractivity contribution in [3.05, 3.63) is 144 Å². The van der Waals surface area contributed by atoms with Gasteiger partial charge >= 0.3 is 0 Å². The maximum absolute atomic E-state index is 10.0. The van der Waals surface area contributed by atoms with E-state index in [-0.39, 0.29) is 28.0 Å². The Morgan fingerprint density at radius 3 is 1.32 bits per heavy atom. The molecule has 0 aliphatic carbocycles. The Morgan fingerprint density at radius 1 is 0.488 bits per heavy atom. The van der Waals surface area contributed by atoms with E-state index >= 15 is 0 Å². The van der Waals surface area contributed by atoms with Crippen molar-refractivity contribution >= 4 is 45.3 Å². The number of hydrogen-bond acceptors (Lipinski definition) is 4. The normalized spacial score (nSPS) is 11.0. The molecule has 0 heterocycles. The minimum Gasteiger partial charge on any atom is -0.507 e. The predicted molar refractivity (Wildman–Crippen MR) is 168 cm³/mol. The second kappa shape index (κ2) is 13.6. The maximum atomic E-state index is 10.0. The molecule has 0 saturated heterocycles. The van der Waals surface area contributed by atoms with Crippen LogP contribution in [0.5, 0.6) is 11.5 Å². The maximum Gasteiger partial charge on any atom is 0.124 e. The standard InChI is InChI=1S/2C18H15NO.Ni/c2*1-13-5-4-7-15(11-13)19-12-17-16-8-3-2-6-14(16)9-10-18(17)20;/h2*2-12,20H,1H3;. The average Bonchev–Trinajstić information content (AvgIpc) is 2.97. The Morgan fingerprint density at radius 2 is 0.902 bits per heavy atom. The fourth-order valence-corrected chi connectivity index (χ4v) is 4.53. The zero-order valence-electron chi connectivity index (χ0n) is 22.8. The van der Waals surface area contributed by atoms with Crippen molar-refractivity contribution in [3.63, 3.8) is 0 Å². The number of hydrogen-bond donors (Lipinski definition) is 2. The summed E-state index contributed by atoms with van der Waals surface area (Å²) in [7, 11) is 0. The molecule has 206 valence electrons. The number of fused-ring (bicyclic) bond motifs is 2. The van der Waals surface area contributed by atoms with Crippen LogP contribution in [0, 0.1) is 13.8 Å². The number of phenolic OH excluding ortho intramolecular Hbond substituents is 2. The smallest absolute Gasteiger partial charge is 0.124 e. The third-order valence-corrected chi connectivity index (χ3v) is 6.58. The summed E-state index contributed by atoms with van der Waals surface area (Å²) < 4.78 is 0. The Kier molecular flexibility index (Phi) is 9.68. The molecule has 0 saturated carbocycles. The Bertz CT molecular complexity index is 1720. The monoisotopic (exact) mass is 580 g/mol. The summed E-state index contributed by atoms with van der Waals surface area (Å²) >= 11 is 0. The second-order valence-electron chi connectivity index (χ2n) is 9.63. The number of phenols is 2. The number of benzene rings is 6. The third kappa shape index (κ3) is 7.27. The van der Waals surface area contributed by atoms with Gasteiger partial charge in [-0.15, -0.1) is 0 Å². The molecule has 0 atom stereocenters. The number of aliphatic imine (C=N–C) groups is 2. The van der Waals surface area contributed by atoms with E-state index in [0.717, 1.165) is 44.0 Å². The van der Waals surface area contributed by atoms with Crippen molar-refractivity contribution in [2.45, 2.75) is 13.8 Å². The molecule has 0 aliphatic rings. The van der Waals surface area contributed by atoms with Gasteiger partial charge < -0.3 is 10.2 Å². The molecule has 0 radical (unpaired) electrons. The van der Waals surface area contributed by atoms with Crippen LogP contribution in [0.2, 0.25) is 0 Å². The molecule has 0 spiro atoms. The van der Waals surface area contributed by atoms with E-state index in [1.165, 1.54) is 11.1 Å². The van der Waals surface area contributed by atoms with Crippen LogP contribution in [0.4, 0.5) is 11.4 Å². The molecule has 5 heteroatoms. The van der Waals surface area contributed by atoms with Crippen LogP contribution >= 0.6 is 0 Å². The number of aryl methyl sites for hydroxylation is 2. The van der Waals surface area contributed by atoms with Gasteiger partial charge in [0.05, 0.1) is 11.4 Å². The minimum atomic E-state index is 0. The van der Waals surface area contributed by atoms with Gasteiger partial charge in [-0.25, -0.2) is 0 Å². The van der Waals surface area contributed by atoms with Crippen LogP contribution in [0.15, 0.2) is 131 Å². The van der Waals surface area contributed by atoms with Gasteiger partial charge in [0, 0.05) is 40.0 Å². The summed E-state index contributed by atoms with van der Waals surface area (Å²) in [6.45, 7) is 4.07. The summed E-state index contributed by atoms with van der Waals surface area (Å²) in [6.07, 6.45) is 3.46. The zero-order chi connectivity index (χ0) is 27.9. The van der Waals surface area contributed by atoms with Gasteiger partial charge in [-0.05, 0) is 82.9 Å². The van der Waals surface area contributed by atoms with E-state index < -0.39 is 0 Å². The molecule has 41 heavy (non-hydrogen) atoms. The third-order valence-electron chi connectivity index (χ3n) is 6.58. The van der Waals surface area contributed by atoms with E-state index in [4.69, 9.17) is 0 Å². The van der Waals surface area contributed by atoms with Crippen molar-refractivity contribution in [2.75, 3.05) is 0 Å². The second-order valence-corrected chi connectivity index (χ2v) is 9.63. The van der Waals surface area contributed by atoms with Gasteiger partial charge in [-0.1, -0.05) is 84.9 Å². The van der Waals surface area contributed by atoms with Crippen molar-refractivity contribution in [1.29, 1.82) is 0 Å². The van der Waals surface area contributed by atoms with Crippen LogP contribution < -0.4 is 0 Å². The van der Waals surface area contributed by atoms with Crippen molar-refractivity contribution in [3.8, 4) is 11.5 Å². The molecule has 0 fully saturated rings. The average molecular weight is 581 g/mol. The Labute approximate surface area is 250 Å². The van der Waals surface area contributed by atoms with E-state index in [1.807, 2.05) is 123 Å². The van der Waals surface area contributed by atoms with E-state index in [1.54, 1.807) is 24.6 Å². The number of rotatable bonds is 4.